The first-order valence-corrected chi connectivity index (χ1v) is 10.7. The quantitative estimate of drug-likeness (QED) is 0.823. The number of hydrogen-bond donors (Lipinski definition) is 1. The molecule has 1 saturated heterocycles. The molecule has 0 spiro atoms. The van der Waals surface area contributed by atoms with Crippen LogP contribution in [0.4, 0.5) is 5.82 Å². The lowest BCUT2D eigenvalue weighted by Gasteiger charge is -2.26. The van der Waals surface area contributed by atoms with Crippen LogP contribution < -0.4 is 5.32 Å². The second kappa shape index (κ2) is 8.37. The van der Waals surface area contributed by atoms with Gasteiger partial charge in [-0.2, -0.15) is 4.31 Å². The van der Waals surface area contributed by atoms with Crippen molar-refractivity contribution in [2.24, 2.45) is 0 Å². The lowest BCUT2D eigenvalue weighted by molar-refractivity contribution is 0.0730. The number of nitrogens with zero attached hydrogens (tertiary/aromatic N) is 2. The highest BCUT2D eigenvalue weighted by Crippen LogP contribution is 2.19. The number of rotatable bonds is 6. The Morgan fingerprint density at radius 1 is 1.19 bits per heavy atom. The number of nitrogens with one attached hydrogen (secondary N) is 1. The van der Waals surface area contributed by atoms with E-state index in [1.165, 1.54) is 27.2 Å². The van der Waals surface area contributed by atoms with Crippen molar-refractivity contribution in [3.63, 3.8) is 0 Å². The van der Waals surface area contributed by atoms with Gasteiger partial charge in [-0.15, -0.1) is 0 Å². The van der Waals surface area contributed by atoms with Crippen molar-refractivity contribution < 1.29 is 13.2 Å². The van der Waals surface area contributed by atoms with E-state index in [1.54, 1.807) is 12.1 Å². The van der Waals surface area contributed by atoms with E-state index >= 15 is 0 Å². The molecule has 0 saturated carbocycles. The van der Waals surface area contributed by atoms with Crippen LogP contribution in [0.25, 0.3) is 0 Å². The molecule has 6 nitrogen and oxygen atoms in total. The smallest absolute Gasteiger partial charge is 0.244 e. The Morgan fingerprint density at radius 3 is 2.56 bits per heavy atom. The van der Waals surface area contributed by atoms with Gasteiger partial charge in [0.15, 0.2) is 0 Å². The van der Waals surface area contributed by atoms with Gasteiger partial charge in [-0.25, -0.2) is 13.4 Å². The highest BCUT2D eigenvalue weighted by molar-refractivity contribution is 7.89. The molecule has 1 fully saturated rings. The molecule has 3 rings (SSSR count). The largest absolute Gasteiger partial charge is 0.379 e. The fourth-order valence-corrected chi connectivity index (χ4v) is 4.62. The maximum absolute atomic E-state index is 12.6. The predicted molar refractivity (Wildman–Crippen MR) is 107 cm³/mol. The first kappa shape index (κ1) is 19.8. The van der Waals surface area contributed by atoms with E-state index in [0.29, 0.717) is 32.1 Å². The molecule has 1 N–H and O–H groups in total. The summed E-state index contributed by atoms with van der Waals surface area (Å²) in [6, 6.07) is 9.99. The second-order valence-electron chi connectivity index (χ2n) is 7.08. The first-order chi connectivity index (χ1) is 12.9. The summed E-state index contributed by atoms with van der Waals surface area (Å²) < 4.78 is 31.9. The summed E-state index contributed by atoms with van der Waals surface area (Å²) in [5.41, 5.74) is 3.84. The molecule has 146 valence electrons. The number of pyridine rings is 1. The zero-order chi connectivity index (χ0) is 19.4. The highest BCUT2D eigenvalue weighted by atomic mass is 32.2. The molecule has 1 unspecified atom stereocenters. The predicted octanol–water partition coefficient (Wildman–Crippen LogP) is 2.76. The summed E-state index contributed by atoms with van der Waals surface area (Å²) in [4.78, 5) is 4.53. The molecular formula is C20H27N3O3S. The molecule has 1 aliphatic heterocycles. The summed E-state index contributed by atoms with van der Waals surface area (Å²) in [5, 5.41) is 3.35. The van der Waals surface area contributed by atoms with Gasteiger partial charge in [0, 0.05) is 25.3 Å². The number of benzene rings is 1. The van der Waals surface area contributed by atoms with Gasteiger partial charge in [0.05, 0.1) is 13.2 Å². The maximum atomic E-state index is 12.6. The zero-order valence-corrected chi connectivity index (χ0v) is 16.9. The molecule has 2 heterocycles. The number of aryl methyl sites for hydroxylation is 2. The van der Waals surface area contributed by atoms with Gasteiger partial charge in [-0.05, 0) is 50.5 Å². The van der Waals surface area contributed by atoms with E-state index in [4.69, 9.17) is 4.74 Å². The van der Waals surface area contributed by atoms with Crippen molar-refractivity contribution in [3.05, 3.63) is 53.2 Å². The van der Waals surface area contributed by atoms with Crippen LogP contribution in [0.1, 0.15) is 23.6 Å². The molecule has 0 bridgehead atoms. The van der Waals surface area contributed by atoms with Crippen LogP contribution in [0.2, 0.25) is 0 Å². The van der Waals surface area contributed by atoms with Crippen LogP contribution >= 0.6 is 0 Å². The Morgan fingerprint density at radius 2 is 1.93 bits per heavy atom. The number of sulfonamides is 1. The number of ether oxygens (including phenoxy) is 1. The standard InChI is InChI=1S/C20H27N3O3S/c1-15-4-5-18(16(2)12-15)13-17(3)22-20-7-6-19(14-21-20)27(24,25)23-8-10-26-11-9-23/h4-7,12,14,17H,8-11,13H2,1-3H3,(H,21,22). The van der Waals surface area contributed by atoms with E-state index in [2.05, 4.69) is 49.3 Å². The monoisotopic (exact) mass is 389 g/mol. The van der Waals surface area contributed by atoms with E-state index < -0.39 is 10.0 Å². The number of morpholine rings is 1. The van der Waals surface area contributed by atoms with Crippen LogP contribution in [0.15, 0.2) is 41.4 Å². The highest BCUT2D eigenvalue weighted by Gasteiger charge is 2.26. The molecule has 1 aliphatic rings. The summed E-state index contributed by atoms with van der Waals surface area (Å²) >= 11 is 0. The minimum atomic E-state index is -3.50. The Bertz CT molecular complexity index is 876. The average molecular weight is 390 g/mol. The lowest BCUT2D eigenvalue weighted by atomic mass is 10.00. The van der Waals surface area contributed by atoms with Crippen molar-refractivity contribution >= 4 is 15.8 Å². The van der Waals surface area contributed by atoms with Crippen LogP contribution in [0.5, 0.6) is 0 Å². The Labute approximate surface area is 161 Å². The third-order valence-corrected chi connectivity index (χ3v) is 6.64. The van der Waals surface area contributed by atoms with E-state index in [0.717, 1.165) is 6.42 Å². The van der Waals surface area contributed by atoms with Gasteiger partial charge in [-0.1, -0.05) is 23.8 Å². The fourth-order valence-electron chi connectivity index (χ4n) is 3.26. The number of anilines is 1. The lowest BCUT2D eigenvalue weighted by Crippen LogP contribution is -2.40. The zero-order valence-electron chi connectivity index (χ0n) is 16.1. The van der Waals surface area contributed by atoms with E-state index in [1.807, 2.05) is 0 Å². The molecule has 0 aliphatic carbocycles. The van der Waals surface area contributed by atoms with Crippen molar-refractivity contribution in [1.82, 2.24) is 9.29 Å². The minimum absolute atomic E-state index is 0.181. The van der Waals surface area contributed by atoms with Gasteiger partial charge in [0.1, 0.15) is 10.7 Å². The first-order valence-electron chi connectivity index (χ1n) is 9.23. The summed E-state index contributed by atoms with van der Waals surface area (Å²) in [6.45, 7) is 7.95. The third kappa shape index (κ3) is 4.86. The van der Waals surface area contributed by atoms with Gasteiger partial charge in [0.2, 0.25) is 10.0 Å². The van der Waals surface area contributed by atoms with E-state index in [-0.39, 0.29) is 10.9 Å². The molecule has 1 aromatic heterocycles. The summed E-state index contributed by atoms with van der Waals surface area (Å²) in [7, 11) is -3.50. The maximum Gasteiger partial charge on any atom is 0.244 e. The SMILES string of the molecule is Cc1ccc(CC(C)Nc2ccc(S(=O)(=O)N3CCOCC3)cn2)c(C)c1. The Hall–Kier alpha value is -1.96. The molecule has 7 heteroatoms. The van der Waals surface area contributed by atoms with Crippen molar-refractivity contribution in [3.8, 4) is 0 Å². The van der Waals surface area contributed by atoms with Crippen molar-refractivity contribution in [2.45, 2.75) is 38.1 Å². The topological polar surface area (TPSA) is 71.5 Å². The van der Waals surface area contributed by atoms with Crippen LogP contribution in [0, 0.1) is 13.8 Å². The summed E-state index contributed by atoms with van der Waals surface area (Å²) in [5.74, 6) is 0.674. The van der Waals surface area contributed by atoms with Gasteiger partial charge < -0.3 is 10.1 Å². The van der Waals surface area contributed by atoms with Gasteiger partial charge in [-0.3, -0.25) is 0 Å². The average Bonchev–Trinajstić information content (AvgIpc) is 2.65. The number of aromatic nitrogens is 1. The van der Waals surface area contributed by atoms with Crippen LogP contribution in [0.3, 0.4) is 0 Å². The Balaban J connectivity index is 1.64. The molecule has 27 heavy (non-hydrogen) atoms. The minimum Gasteiger partial charge on any atom is -0.379 e. The molecule has 2 aromatic rings. The Kier molecular flexibility index (Phi) is 6.14. The van der Waals surface area contributed by atoms with Gasteiger partial charge in [0.25, 0.3) is 0 Å². The summed E-state index contributed by atoms with van der Waals surface area (Å²) in [6.07, 6.45) is 2.30. The molecular weight excluding hydrogens is 362 g/mol. The third-order valence-electron chi connectivity index (χ3n) is 4.76. The number of hydrogen-bond acceptors (Lipinski definition) is 5. The van der Waals surface area contributed by atoms with E-state index in [9.17, 15) is 8.42 Å². The van der Waals surface area contributed by atoms with Crippen LogP contribution in [-0.4, -0.2) is 50.1 Å². The molecule has 1 aromatic carbocycles. The van der Waals surface area contributed by atoms with Crippen molar-refractivity contribution in [1.29, 1.82) is 0 Å². The van der Waals surface area contributed by atoms with Crippen LogP contribution in [-0.2, 0) is 21.2 Å². The normalized spacial score (nSPS) is 16.9. The molecule has 0 radical (unpaired) electrons. The van der Waals surface area contributed by atoms with Crippen molar-refractivity contribution in [2.75, 3.05) is 31.6 Å². The van der Waals surface area contributed by atoms with Gasteiger partial charge >= 0.3 is 0 Å². The fraction of sp³-hybridized carbons (Fsp3) is 0.450. The molecule has 0 amide bonds. The second-order valence-corrected chi connectivity index (χ2v) is 9.01. The molecule has 1 atom stereocenters.